The summed E-state index contributed by atoms with van der Waals surface area (Å²) in [6.45, 7) is 4.69. The second-order valence-electron chi connectivity index (χ2n) is 7.86. The van der Waals surface area contributed by atoms with Crippen molar-refractivity contribution >= 4 is 23.2 Å². The van der Waals surface area contributed by atoms with E-state index in [9.17, 15) is 4.79 Å². The van der Waals surface area contributed by atoms with E-state index in [0.717, 1.165) is 29.8 Å². The van der Waals surface area contributed by atoms with Crippen LogP contribution in [0, 0.1) is 6.92 Å². The predicted octanol–water partition coefficient (Wildman–Crippen LogP) is 2.92. The van der Waals surface area contributed by atoms with E-state index in [2.05, 4.69) is 14.9 Å². The first-order valence-electron chi connectivity index (χ1n) is 10.0. The van der Waals surface area contributed by atoms with Gasteiger partial charge in [0.25, 0.3) is 6.01 Å². The number of ether oxygens (including phenoxy) is 1. The van der Waals surface area contributed by atoms with Crippen LogP contribution in [0.15, 0.2) is 40.8 Å². The minimum absolute atomic E-state index is 0.233. The summed E-state index contributed by atoms with van der Waals surface area (Å²) in [6.07, 6.45) is 1.82. The second-order valence-corrected chi connectivity index (χ2v) is 7.86. The van der Waals surface area contributed by atoms with Crippen LogP contribution in [0.5, 0.6) is 5.75 Å². The maximum atomic E-state index is 13.3. The van der Waals surface area contributed by atoms with Gasteiger partial charge in [0.1, 0.15) is 5.75 Å². The lowest BCUT2D eigenvalue weighted by Gasteiger charge is -2.36. The Morgan fingerprint density at radius 3 is 2.41 bits per heavy atom. The number of hydrogen-bond acceptors (Lipinski definition) is 6. The SMILES string of the molecule is COc1ccc(C2(C(=O)N3CCN(c4nc5nc(C)ccc5o4)CC3)CC2)cc1. The molecule has 1 saturated carbocycles. The summed E-state index contributed by atoms with van der Waals surface area (Å²) >= 11 is 0. The fourth-order valence-corrected chi connectivity index (χ4v) is 4.10. The number of methoxy groups -OCH3 is 1. The van der Waals surface area contributed by atoms with Crippen LogP contribution in [0.25, 0.3) is 11.2 Å². The summed E-state index contributed by atoms with van der Waals surface area (Å²) in [7, 11) is 1.65. The van der Waals surface area contributed by atoms with Gasteiger partial charge >= 0.3 is 0 Å². The van der Waals surface area contributed by atoms with Gasteiger partial charge in [-0.1, -0.05) is 12.1 Å². The molecule has 1 amide bonds. The number of oxazole rings is 1. The highest BCUT2D eigenvalue weighted by Gasteiger charge is 2.53. The Morgan fingerprint density at radius 1 is 1.03 bits per heavy atom. The topological polar surface area (TPSA) is 71.7 Å². The van der Waals surface area contributed by atoms with Crippen LogP contribution in [0.4, 0.5) is 6.01 Å². The van der Waals surface area contributed by atoms with Crippen LogP contribution in [0.2, 0.25) is 0 Å². The van der Waals surface area contributed by atoms with E-state index in [1.165, 1.54) is 0 Å². The number of anilines is 1. The molecular formula is C22H24N4O3. The molecule has 7 nitrogen and oxygen atoms in total. The smallest absolute Gasteiger partial charge is 0.300 e. The molecule has 1 aliphatic carbocycles. The molecule has 0 radical (unpaired) electrons. The van der Waals surface area contributed by atoms with Crippen LogP contribution >= 0.6 is 0 Å². The Balaban J connectivity index is 1.27. The largest absolute Gasteiger partial charge is 0.497 e. The Morgan fingerprint density at radius 2 is 1.76 bits per heavy atom. The predicted molar refractivity (Wildman–Crippen MR) is 109 cm³/mol. The number of pyridine rings is 1. The molecular weight excluding hydrogens is 368 g/mol. The quantitative estimate of drug-likeness (QED) is 0.680. The number of rotatable bonds is 4. The van der Waals surface area contributed by atoms with Gasteiger partial charge in [0, 0.05) is 31.9 Å². The Labute approximate surface area is 169 Å². The number of amides is 1. The van der Waals surface area contributed by atoms with Crippen molar-refractivity contribution in [2.24, 2.45) is 0 Å². The number of aryl methyl sites for hydroxylation is 1. The van der Waals surface area contributed by atoms with Gasteiger partial charge in [0.05, 0.1) is 12.5 Å². The normalized spacial score (nSPS) is 18.1. The van der Waals surface area contributed by atoms with E-state index >= 15 is 0 Å². The average molecular weight is 392 g/mol. The lowest BCUT2D eigenvalue weighted by atomic mass is 9.94. The number of nitrogens with zero attached hydrogens (tertiary/aromatic N) is 4. The molecule has 7 heteroatoms. The minimum atomic E-state index is -0.354. The highest BCUT2D eigenvalue weighted by Crippen LogP contribution is 2.50. The van der Waals surface area contributed by atoms with Crippen molar-refractivity contribution < 1.29 is 13.9 Å². The first-order chi connectivity index (χ1) is 14.1. The van der Waals surface area contributed by atoms with Crippen molar-refractivity contribution in [2.75, 3.05) is 38.2 Å². The average Bonchev–Trinajstić information content (AvgIpc) is 3.47. The molecule has 0 spiro atoms. The molecule has 29 heavy (non-hydrogen) atoms. The number of carbonyl (C=O) groups is 1. The Hall–Kier alpha value is -3.09. The standard InChI is InChI=1S/C22H24N4O3/c1-15-3-8-18-19(23-15)24-21(29-18)26-13-11-25(12-14-26)20(27)22(9-10-22)16-4-6-17(28-2)7-5-16/h3-8H,9-14H2,1-2H3. The van der Waals surface area contributed by atoms with Gasteiger partial charge in [0.2, 0.25) is 11.6 Å². The number of aromatic nitrogens is 2. The van der Waals surface area contributed by atoms with Gasteiger partial charge in [0.15, 0.2) is 5.58 Å². The molecule has 1 saturated heterocycles. The van der Waals surface area contributed by atoms with Gasteiger partial charge in [-0.15, -0.1) is 0 Å². The molecule has 3 heterocycles. The maximum Gasteiger partial charge on any atom is 0.300 e. The molecule has 1 aliphatic heterocycles. The van der Waals surface area contributed by atoms with Crippen LogP contribution in [-0.4, -0.2) is 54.1 Å². The number of hydrogen-bond donors (Lipinski definition) is 0. The Bertz CT molecular complexity index is 1050. The zero-order chi connectivity index (χ0) is 20.0. The summed E-state index contributed by atoms with van der Waals surface area (Å²) < 4.78 is 11.1. The Kier molecular flexibility index (Phi) is 4.19. The third-order valence-corrected chi connectivity index (χ3v) is 6.02. The van der Waals surface area contributed by atoms with Gasteiger partial charge < -0.3 is 19.0 Å². The number of fused-ring (bicyclic) bond motifs is 1. The van der Waals surface area contributed by atoms with Gasteiger partial charge in [-0.25, -0.2) is 4.98 Å². The van der Waals surface area contributed by atoms with Crippen LogP contribution < -0.4 is 9.64 Å². The van der Waals surface area contributed by atoms with E-state index in [1.54, 1.807) is 7.11 Å². The molecule has 2 fully saturated rings. The van der Waals surface area contributed by atoms with E-state index in [-0.39, 0.29) is 11.3 Å². The highest BCUT2D eigenvalue weighted by molar-refractivity contribution is 5.91. The fourth-order valence-electron chi connectivity index (χ4n) is 4.10. The summed E-state index contributed by atoms with van der Waals surface area (Å²) in [4.78, 5) is 26.3. The minimum Gasteiger partial charge on any atom is -0.497 e. The molecule has 1 aromatic carbocycles. The number of benzene rings is 1. The van der Waals surface area contributed by atoms with Crippen molar-refractivity contribution in [2.45, 2.75) is 25.2 Å². The number of piperazine rings is 1. The molecule has 0 bridgehead atoms. The van der Waals surface area contributed by atoms with Crippen molar-refractivity contribution in [3.63, 3.8) is 0 Å². The van der Waals surface area contributed by atoms with Crippen molar-refractivity contribution in [1.82, 2.24) is 14.9 Å². The second kappa shape index (κ2) is 6.76. The molecule has 0 N–H and O–H groups in total. The van der Waals surface area contributed by atoms with E-state index < -0.39 is 0 Å². The van der Waals surface area contributed by atoms with Gasteiger partial charge in [-0.2, -0.15) is 4.98 Å². The first-order valence-corrected chi connectivity index (χ1v) is 10.0. The molecule has 150 valence electrons. The zero-order valence-corrected chi connectivity index (χ0v) is 16.7. The van der Waals surface area contributed by atoms with Crippen LogP contribution in [0.3, 0.4) is 0 Å². The third-order valence-electron chi connectivity index (χ3n) is 6.02. The van der Waals surface area contributed by atoms with Gasteiger partial charge in [-0.3, -0.25) is 4.79 Å². The lowest BCUT2D eigenvalue weighted by Crippen LogP contribution is -2.51. The van der Waals surface area contributed by atoms with E-state index in [4.69, 9.17) is 9.15 Å². The molecule has 0 atom stereocenters. The molecule has 0 unspecified atom stereocenters. The molecule has 2 aliphatic rings. The summed E-state index contributed by atoms with van der Waals surface area (Å²) in [5.74, 6) is 1.05. The summed E-state index contributed by atoms with van der Waals surface area (Å²) in [6, 6.07) is 12.3. The van der Waals surface area contributed by atoms with E-state index in [0.29, 0.717) is 43.4 Å². The highest BCUT2D eigenvalue weighted by atomic mass is 16.5. The van der Waals surface area contributed by atoms with Crippen molar-refractivity contribution in [3.05, 3.63) is 47.7 Å². The van der Waals surface area contributed by atoms with Crippen molar-refractivity contribution in [1.29, 1.82) is 0 Å². The zero-order valence-electron chi connectivity index (χ0n) is 16.7. The molecule has 5 rings (SSSR count). The summed E-state index contributed by atoms with van der Waals surface area (Å²) in [5, 5.41) is 0. The fraction of sp³-hybridized carbons (Fsp3) is 0.409. The molecule has 2 aromatic heterocycles. The lowest BCUT2D eigenvalue weighted by molar-refractivity contribution is -0.134. The van der Waals surface area contributed by atoms with Gasteiger partial charge in [-0.05, 0) is 49.6 Å². The van der Waals surface area contributed by atoms with Crippen molar-refractivity contribution in [3.8, 4) is 5.75 Å². The van der Waals surface area contributed by atoms with E-state index in [1.807, 2.05) is 48.2 Å². The third kappa shape index (κ3) is 3.10. The molecule has 3 aromatic rings. The summed E-state index contributed by atoms with van der Waals surface area (Å²) in [5.41, 5.74) is 2.98. The van der Waals surface area contributed by atoms with Crippen LogP contribution in [-0.2, 0) is 10.2 Å². The maximum absolute atomic E-state index is 13.3. The van der Waals surface area contributed by atoms with Crippen LogP contribution in [0.1, 0.15) is 24.1 Å². The first kappa shape index (κ1) is 18.0. The number of carbonyl (C=O) groups excluding carboxylic acids is 1. The monoisotopic (exact) mass is 392 g/mol.